The van der Waals surface area contributed by atoms with Gasteiger partial charge in [0.25, 0.3) is 5.91 Å². The first-order chi connectivity index (χ1) is 15.8. The fraction of sp³-hybridized carbons (Fsp3) is 0.348. The molecular weight excluding hydrogens is 433 g/mol. The van der Waals surface area contributed by atoms with Gasteiger partial charge in [0.2, 0.25) is 5.91 Å². The van der Waals surface area contributed by atoms with Gasteiger partial charge in [-0.3, -0.25) is 9.59 Å². The lowest BCUT2D eigenvalue weighted by molar-refractivity contribution is -0.134. The van der Waals surface area contributed by atoms with Gasteiger partial charge in [0, 0.05) is 45.2 Å². The van der Waals surface area contributed by atoms with Crippen molar-refractivity contribution in [1.29, 1.82) is 0 Å². The Hall–Kier alpha value is -3.82. The number of nitrogens with one attached hydrogen (secondary N) is 1. The predicted molar refractivity (Wildman–Crippen MR) is 119 cm³/mol. The quantitative estimate of drug-likeness (QED) is 0.635. The van der Waals surface area contributed by atoms with Gasteiger partial charge in [-0.2, -0.15) is 0 Å². The van der Waals surface area contributed by atoms with Crippen molar-refractivity contribution in [3.63, 3.8) is 0 Å². The van der Waals surface area contributed by atoms with Crippen molar-refractivity contribution in [3.8, 4) is 11.5 Å². The van der Waals surface area contributed by atoms with Gasteiger partial charge in [0.1, 0.15) is 5.82 Å². The van der Waals surface area contributed by atoms with Crippen LogP contribution in [0, 0.1) is 5.82 Å². The lowest BCUT2D eigenvalue weighted by Gasteiger charge is -2.36. The van der Waals surface area contributed by atoms with Crippen LogP contribution in [0.4, 0.5) is 15.8 Å². The van der Waals surface area contributed by atoms with Crippen LogP contribution >= 0.6 is 0 Å². The summed E-state index contributed by atoms with van der Waals surface area (Å²) in [5.41, 5.74) is 0.700. The van der Waals surface area contributed by atoms with E-state index in [1.165, 1.54) is 39.3 Å². The van der Waals surface area contributed by atoms with Gasteiger partial charge >= 0.3 is 5.97 Å². The number of halogens is 1. The van der Waals surface area contributed by atoms with E-state index < -0.39 is 12.6 Å². The van der Waals surface area contributed by atoms with Gasteiger partial charge in [-0.1, -0.05) is 12.1 Å². The number of methoxy groups -OCH3 is 2. The second-order valence-corrected chi connectivity index (χ2v) is 7.33. The molecule has 10 heteroatoms. The van der Waals surface area contributed by atoms with Crippen LogP contribution < -0.4 is 19.7 Å². The van der Waals surface area contributed by atoms with E-state index in [9.17, 15) is 18.8 Å². The Morgan fingerprint density at radius 1 is 1.00 bits per heavy atom. The monoisotopic (exact) mass is 459 g/mol. The van der Waals surface area contributed by atoms with Crippen LogP contribution in [0.15, 0.2) is 36.4 Å². The number of rotatable bonds is 7. The summed E-state index contributed by atoms with van der Waals surface area (Å²) in [7, 11) is 2.84. The molecule has 3 rings (SSSR count). The number of benzene rings is 2. The van der Waals surface area contributed by atoms with Gasteiger partial charge in [-0.05, 0) is 12.1 Å². The lowest BCUT2D eigenvalue weighted by atomic mass is 10.1. The maximum absolute atomic E-state index is 14.0. The molecule has 0 aliphatic carbocycles. The van der Waals surface area contributed by atoms with E-state index in [4.69, 9.17) is 14.2 Å². The zero-order chi connectivity index (χ0) is 24.0. The van der Waals surface area contributed by atoms with E-state index in [1.54, 1.807) is 23.1 Å². The molecule has 1 saturated heterocycles. The number of esters is 1. The third-order valence-corrected chi connectivity index (χ3v) is 5.21. The number of nitrogens with zero attached hydrogens (tertiary/aromatic N) is 2. The number of hydrogen-bond acceptors (Lipinski definition) is 7. The van der Waals surface area contributed by atoms with Crippen LogP contribution in [0.2, 0.25) is 0 Å². The van der Waals surface area contributed by atoms with Crippen molar-refractivity contribution in [1.82, 2.24) is 4.90 Å². The molecule has 0 bridgehead atoms. The van der Waals surface area contributed by atoms with Crippen LogP contribution in [0.3, 0.4) is 0 Å². The summed E-state index contributed by atoms with van der Waals surface area (Å²) in [5.74, 6) is -1.26. The molecule has 2 aromatic rings. The fourth-order valence-corrected chi connectivity index (χ4v) is 3.54. The van der Waals surface area contributed by atoms with Gasteiger partial charge in [-0.25, -0.2) is 9.18 Å². The number of piperazine rings is 1. The Bertz CT molecular complexity index is 1040. The third-order valence-electron chi connectivity index (χ3n) is 5.21. The van der Waals surface area contributed by atoms with Gasteiger partial charge in [0.05, 0.1) is 31.2 Å². The second-order valence-electron chi connectivity index (χ2n) is 7.33. The molecule has 0 saturated carbocycles. The normalized spacial score (nSPS) is 13.3. The van der Waals surface area contributed by atoms with Crippen molar-refractivity contribution in [2.24, 2.45) is 0 Å². The molecule has 176 valence electrons. The predicted octanol–water partition coefficient (Wildman–Crippen LogP) is 2.31. The average molecular weight is 459 g/mol. The van der Waals surface area contributed by atoms with Crippen molar-refractivity contribution in [2.75, 3.05) is 57.2 Å². The summed E-state index contributed by atoms with van der Waals surface area (Å²) in [6, 6.07) is 9.31. The smallest absolute Gasteiger partial charge is 0.340 e. The van der Waals surface area contributed by atoms with Crippen LogP contribution in [0.25, 0.3) is 0 Å². The minimum atomic E-state index is -0.793. The molecule has 1 fully saturated rings. The van der Waals surface area contributed by atoms with Gasteiger partial charge < -0.3 is 29.3 Å². The van der Waals surface area contributed by atoms with Crippen molar-refractivity contribution in [3.05, 3.63) is 47.8 Å². The highest BCUT2D eigenvalue weighted by Crippen LogP contribution is 2.33. The van der Waals surface area contributed by atoms with Crippen molar-refractivity contribution in [2.45, 2.75) is 6.92 Å². The molecule has 33 heavy (non-hydrogen) atoms. The van der Waals surface area contributed by atoms with Crippen molar-refractivity contribution < 1.29 is 33.0 Å². The molecule has 2 amide bonds. The minimum absolute atomic E-state index is 0.0278. The van der Waals surface area contributed by atoms with E-state index in [-0.39, 0.29) is 34.6 Å². The summed E-state index contributed by atoms with van der Waals surface area (Å²) in [6.07, 6.45) is 0. The Labute approximate surface area is 191 Å². The maximum Gasteiger partial charge on any atom is 0.340 e. The SMILES string of the molecule is COc1cc(NC(C)=O)c(C(=O)OCC(=O)N2CCN(c3ccccc3F)CC2)cc1OC. The number of anilines is 2. The largest absolute Gasteiger partial charge is 0.493 e. The molecule has 9 nitrogen and oxygen atoms in total. The highest BCUT2D eigenvalue weighted by Gasteiger charge is 2.25. The van der Waals surface area contributed by atoms with Crippen LogP contribution in [0.1, 0.15) is 17.3 Å². The number of ether oxygens (including phenoxy) is 3. The summed E-state index contributed by atoms with van der Waals surface area (Å²) < 4.78 is 29.6. The zero-order valence-corrected chi connectivity index (χ0v) is 18.7. The third kappa shape index (κ3) is 5.71. The Balaban J connectivity index is 1.62. The van der Waals surface area contributed by atoms with E-state index in [2.05, 4.69) is 5.32 Å². The first-order valence-electron chi connectivity index (χ1n) is 10.3. The number of amides is 2. The number of hydrogen-bond donors (Lipinski definition) is 1. The second kappa shape index (κ2) is 10.7. The summed E-state index contributed by atoms with van der Waals surface area (Å²) >= 11 is 0. The number of para-hydroxylation sites is 1. The summed E-state index contributed by atoms with van der Waals surface area (Å²) in [6.45, 7) is 2.51. The Kier molecular flexibility index (Phi) is 7.70. The molecule has 0 spiro atoms. The molecule has 0 radical (unpaired) electrons. The molecule has 0 unspecified atom stereocenters. The molecule has 1 aliphatic heterocycles. The zero-order valence-electron chi connectivity index (χ0n) is 18.7. The topological polar surface area (TPSA) is 97.4 Å². The van der Waals surface area contributed by atoms with Crippen LogP contribution in [0.5, 0.6) is 11.5 Å². The van der Waals surface area contributed by atoms with Gasteiger partial charge in [-0.15, -0.1) is 0 Å². The summed E-state index contributed by atoms with van der Waals surface area (Å²) in [5, 5.41) is 2.55. The first-order valence-corrected chi connectivity index (χ1v) is 10.3. The standard InChI is InChI=1S/C23H26FN3O6/c1-15(28)25-18-13-21(32-3)20(31-2)12-16(18)23(30)33-14-22(29)27-10-8-26(9-11-27)19-7-5-4-6-17(19)24/h4-7,12-13H,8-11,14H2,1-3H3,(H,25,28). The minimum Gasteiger partial charge on any atom is -0.493 e. The maximum atomic E-state index is 14.0. The Morgan fingerprint density at radius 3 is 2.24 bits per heavy atom. The van der Waals surface area contributed by atoms with E-state index in [0.717, 1.165) is 0 Å². The lowest BCUT2D eigenvalue weighted by Crippen LogP contribution is -2.50. The van der Waals surface area contributed by atoms with Crippen LogP contribution in [-0.2, 0) is 14.3 Å². The summed E-state index contributed by atoms with van der Waals surface area (Å²) in [4.78, 5) is 40.2. The first kappa shape index (κ1) is 23.8. The van der Waals surface area contributed by atoms with E-state index in [1.807, 2.05) is 4.90 Å². The van der Waals surface area contributed by atoms with Gasteiger partial charge in [0.15, 0.2) is 18.1 Å². The molecule has 1 heterocycles. The molecular formula is C23H26FN3O6. The molecule has 0 aromatic heterocycles. The Morgan fingerprint density at radius 2 is 1.64 bits per heavy atom. The highest BCUT2D eigenvalue weighted by molar-refractivity contribution is 6.02. The van der Waals surface area contributed by atoms with Crippen molar-refractivity contribution >= 4 is 29.2 Å². The van der Waals surface area contributed by atoms with Crippen LogP contribution in [-0.4, -0.2) is 69.7 Å². The van der Waals surface area contributed by atoms with E-state index in [0.29, 0.717) is 37.6 Å². The molecule has 0 atom stereocenters. The van der Waals surface area contributed by atoms with E-state index >= 15 is 0 Å². The average Bonchev–Trinajstić information content (AvgIpc) is 2.82. The fourth-order valence-electron chi connectivity index (χ4n) is 3.54. The number of carbonyl (C=O) groups excluding carboxylic acids is 3. The number of carbonyl (C=O) groups is 3. The molecule has 1 aliphatic rings. The molecule has 1 N–H and O–H groups in total. The highest BCUT2D eigenvalue weighted by atomic mass is 19.1. The molecule has 2 aromatic carbocycles.